The molecule has 3 aromatic rings. The first-order valence-corrected chi connectivity index (χ1v) is 11.9. The van der Waals surface area contributed by atoms with Gasteiger partial charge in [-0.2, -0.15) is 0 Å². The number of carbonyl (C=O) groups is 2. The Kier molecular flexibility index (Phi) is 7.10. The molecule has 0 bridgehead atoms. The van der Waals surface area contributed by atoms with Crippen LogP contribution >= 0.6 is 11.3 Å². The molecule has 3 heterocycles. The number of thiophene rings is 1. The van der Waals surface area contributed by atoms with E-state index in [9.17, 15) is 4.79 Å². The van der Waals surface area contributed by atoms with Crippen LogP contribution < -0.4 is 21.3 Å². The maximum absolute atomic E-state index is 12.8. The van der Waals surface area contributed by atoms with E-state index in [-0.39, 0.29) is 18.4 Å². The van der Waals surface area contributed by atoms with E-state index in [1.165, 1.54) is 22.6 Å². The van der Waals surface area contributed by atoms with Gasteiger partial charge in [0.15, 0.2) is 0 Å². The Bertz CT molecular complexity index is 1120. The topological polar surface area (TPSA) is 121 Å². The Balaban J connectivity index is 0.000000821. The van der Waals surface area contributed by atoms with Crippen LogP contribution in [-0.2, 0) is 4.79 Å². The lowest BCUT2D eigenvalue weighted by Gasteiger charge is -2.36. The molecule has 33 heavy (non-hydrogen) atoms. The minimum absolute atomic E-state index is 0.0781. The number of amides is 1. The third kappa shape index (κ3) is 5.09. The highest BCUT2D eigenvalue weighted by Crippen LogP contribution is 2.38. The van der Waals surface area contributed by atoms with E-state index < -0.39 is 0 Å². The van der Waals surface area contributed by atoms with E-state index in [4.69, 9.17) is 15.6 Å². The van der Waals surface area contributed by atoms with Crippen LogP contribution in [0.4, 0.5) is 11.4 Å². The standard InChI is InChI=1S/C23H27N5OS.CH2O2/c1-14-2-7-19-20(24)21(30-23(19)26-14)22(29)27-17-12-16(13-17)15-3-5-18(6-4-15)28-10-8-25-9-11-28;2-1-3/h2-7,16-17,25H,8-13,24H2,1H3,(H,27,29);1H,(H,2,3). The first kappa shape index (κ1) is 23.0. The molecule has 5 rings (SSSR count). The number of hydrogen-bond acceptors (Lipinski definition) is 7. The second-order valence-corrected chi connectivity index (χ2v) is 9.42. The molecular weight excluding hydrogens is 438 g/mol. The van der Waals surface area contributed by atoms with Gasteiger partial charge in [-0.05, 0) is 55.5 Å². The highest BCUT2D eigenvalue weighted by atomic mass is 32.1. The van der Waals surface area contributed by atoms with Crippen LogP contribution in [-0.4, -0.2) is 54.7 Å². The largest absolute Gasteiger partial charge is 0.483 e. The van der Waals surface area contributed by atoms with Crippen molar-refractivity contribution < 1.29 is 14.7 Å². The predicted molar refractivity (Wildman–Crippen MR) is 132 cm³/mol. The summed E-state index contributed by atoms with van der Waals surface area (Å²) in [6.07, 6.45) is 1.95. The third-order valence-electron chi connectivity index (χ3n) is 6.26. The quantitative estimate of drug-likeness (QED) is 0.435. The Morgan fingerprint density at radius 2 is 1.88 bits per heavy atom. The summed E-state index contributed by atoms with van der Waals surface area (Å²) in [7, 11) is 0. The first-order chi connectivity index (χ1) is 16.0. The van der Waals surface area contributed by atoms with Crippen LogP contribution in [0.5, 0.6) is 0 Å². The maximum Gasteiger partial charge on any atom is 0.290 e. The molecular formula is C24H29N5O3S. The fourth-order valence-electron chi connectivity index (χ4n) is 4.40. The van der Waals surface area contributed by atoms with Crippen molar-refractivity contribution in [3.8, 4) is 0 Å². The van der Waals surface area contributed by atoms with Crippen molar-refractivity contribution in [3.63, 3.8) is 0 Å². The molecule has 1 amide bonds. The molecule has 8 nitrogen and oxygen atoms in total. The SMILES string of the molecule is Cc1ccc2c(N)c(C(=O)NC3CC(c4ccc(N5CCNCC5)cc4)C3)sc2n1.O=CO. The summed E-state index contributed by atoms with van der Waals surface area (Å²) in [5.74, 6) is 0.433. The Labute approximate surface area is 196 Å². The van der Waals surface area contributed by atoms with Gasteiger partial charge < -0.3 is 26.4 Å². The van der Waals surface area contributed by atoms with Crippen molar-refractivity contribution in [2.24, 2.45) is 0 Å². The van der Waals surface area contributed by atoms with Crippen molar-refractivity contribution >= 4 is 45.3 Å². The summed E-state index contributed by atoms with van der Waals surface area (Å²) < 4.78 is 0. The summed E-state index contributed by atoms with van der Waals surface area (Å²) in [6.45, 7) is 5.91. The van der Waals surface area contributed by atoms with Crippen LogP contribution in [0.25, 0.3) is 10.2 Å². The van der Waals surface area contributed by atoms with Crippen molar-refractivity contribution in [1.82, 2.24) is 15.6 Å². The number of pyridine rings is 1. The van der Waals surface area contributed by atoms with Gasteiger partial charge in [-0.1, -0.05) is 12.1 Å². The smallest absolute Gasteiger partial charge is 0.290 e. The lowest BCUT2D eigenvalue weighted by molar-refractivity contribution is -0.122. The van der Waals surface area contributed by atoms with Gasteiger partial charge in [0.25, 0.3) is 12.4 Å². The van der Waals surface area contributed by atoms with E-state index >= 15 is 0 Å². The number of carbonyl (C=O) groups excluding carboxylic acids is 1. The number of nitrogens with zero attached hydrogens (tertiary/aromatic N) is 2. The second-order valence-electron chi connectivity index (χ2n) is 8.42. The zero-order valence-electron chi connectivity index (χ0n) is 18.6. The number of nitrogen functional groups attached to an aromatic ring is 1. The van der Waals surface area contributed by atoms with E-state index in [2.05, 4.69) is 44.8 Å². The molecule has 5 N–H and O–H groups in total. The fraction of sp³-hybridized carbons (Fsp3) is 0.375. The number of carboxylic acid groups (broad SMARTS) is 1. The lowest BCUT2D eigenvalue weighted by Crippen LogP contribution is -2.44. The highest BCUT2D eigenvalue weighted by Gasteiger charge is 2.32. The number of fused-ring (bicyclic) bond motifs is 1. The number of rotatable bonds is 4. The number of hydrogen-bond donors (Lipinski definition) is 4. The number of anilines is 2. The summed E-state index contributed by atoms with van der Waals surface area (Å²) >= 11 is 1.38. The molecule has 1 aliphatic carbocycles. The summed E-state index contributed by atoms with van der Waals surface area (Å²) in [5.41, 5.74) is 10.4. The molecule has 0 spiro atoms. The number of aromatic nitrogens is 1. The number of nitrogens with one attached hydrogen (secondary N) is 2. The second kappa shape index (κ2) is 10.2. The van der Waals surface area contributed by atoms with Crippen LogP contribution in [0.3, 0.4) is 0 Å². The Morgan fingerprint density at radius 1 is 1.21 bits per heavy atom. The van der Waals surface area contributed by atoms with Gasteiger partial charge in [0.05, 0.1) is 5.69 Å². The molecule has 2 aliphatic rings. The molecule has 9 heteroatoms. The Hall–Kier alpha value is -3.17. The number of aryl methyl sites for hydroxylation is 1. The normalized spacial score (nSPS) is 19.8. The molecule has 1 aliphatic heterocycles. The number of nitrogens with two attached hydrogens (primary N) is 1. The van der Waals surface area contributed by atoms with E-state index in [1.807, 2.05) is 19.1 Å². The zero-order valence-corrected chi connectivity index (χ0v) is 19.4. The fourth-order valence-corrected chi connectivity index (χ4v) is 5.44. The molecule has 2 fully saturated rings. The molecule has 0 radical (unpaired) electrons. The zero-order chi connectivity index (χ0) is 23.4. The van der Waals surface area contributed by atoms with Crippen LogP contribution in [0.15, 0.2) is 36.4 Å². The Morgan fingerprint density at radius 3 is 2.55 bits per heavy atom. The summed E-state index contributed by atoms with van der Waals surface area (Å²) in [6, 6.07) is 13.0. The predicted octanol–water partition coefficient (Wildman–Crippen LogP) is 2.97. The minimum Gasteiger partial charge on any atom is -0.483 e. The molecule has 0 atom stereocenters. The summed E-state index contributed by atoms with van der Waals surface area (Å²) in [5, 5.41) is 14.3. The van der Waals surface area contributed by atoms with E-state index in [0.29, 0.717) is 16.5 Å². The van der Waals surface area contributed by atoms with Gasteiger partial charge in [-0.15, -0.1) is 11.3 Å². The average molecular weight is 468 g/mol. The third-order valence-corrected chi connectivity index (χ3v) is 7.37. The number of piperazine rings is 1. The molecule has 2 aromatic heterocycles. The van der Waals surface area contributed by atoms with Gasteiger partial charge in [-0.25, -0.2) is 4.98 Å². The van der Waals surface area contributed by atoms with Crippen LogP contribution in [0.2, 0.25) is 0 Å². The van der Waals surface area contributed by atoms with Crippen LogP contribution in [0, 0.1) is 6.92 Å². The van der Waals surface area contributed by atoms with Gasteiger partial charge in [0.2, 0.25) is 0 Å². The van der Waals surface area contributed by atoms with Crippen molar-refractivity contribution in [3.05, 3.63) is 52.5 Å². The molecule has 1 saturated carbocycles. The van der Waals surface area contributed by atoms with Gasteiger partial charge in [0.1, 0.15) is 9.71 Å². The highest BCUT2D eigenvalue weighted by molar-refractivity contribution is 7.21. The minimum atomic E-state index is -0.250. The van der Waals surface area contributed by atoms with Crippen molar-refractivity contribution in [1.29, 1.82) is 0 Å². The molecule has 0 unspecified atom stereocenters. The van der Waals surface area contributed by atoms with E-state index in [1.54, 1.807) is 0 Å². The summed E-state index contributed by atoms with van der Waals surface area (Å²) in [4.78, 5) is 29.5. The monoisotopic (exact) mass is 467 g/mol. The van der Waals surface area contributed by atoms with Gasteiger partial charge in [0, 0.05) is 49.0 Å². The molecule has 174 valence electrons. The lowest BCUT2D eigenvalue weighted by atomic mass is 9.76. The van der Waals surface area contributed by atoms with Gasteiger partial charge in [-0.3, -0.25) is 9.59 Å². The van der Waals surface area contributed by atoms with E-state index in [0.717, 1.165) is 54.9 Å². The maximum atomic E-state index is 12.8. The number of benzene rings is 1. The first-order valence-electron chi connectivity index (χ1n) is 11.1. The molecule has 1 aromatic carbocycles. The average Bonchev–Trinajstić information content (AvgIpc) is 3.13. The van der Waals surface area contributed by atoms with Crippen molar-refractivity contribution in [2.45, 2.75) is 31.7 Å². The van der Waals surface area contributed by atoms with Crippen LogP contribution in [0.1, 0.15) is 39.7 Å². The molecule has 1 saturated heterocycles. The van der Waals surface area contributed by atoms with Crippen molar-refractivity contribution in [2.75, 3.05) is 36.8 Å². The van der Waals surface area contributed by atoms with Gasteiger partial charge >= 0.3 is 0 Å².